The number of carbonyl (C=O) groups excluding carboxylic acids is 2. The summed E-state index contributed by atoms with van der Waals surface area (Å²) >= 11 is 4.40. The largest absolute Gasteiger partial charge is 0.460 e. The molecule has 20 heavy (non-hydrogen) atoms. The molecule has 0 saturated carbocycles. The average Bonchev–Trinajstić information content (AvgIpc) is 2.31. The molecule has 1 saturated heterocycles. The standard InChI is InChI=1S/C13H23NO4SSi/c1-6-7-17-10(15)8-14-12(16)11(13(14)19)9(2)18-20(3,4)5/h6,9,11,13,19H,1,7-8H2,2-5H3. The second-order valence-corrected chi connectivity index (χ2v) is 10.8. The molecule has 0 aromatic rings. The van der Waals surface area contributed by atoms with Gasteiger partial charge in [0.2, 0.25) is 5.91 Å². The molecular formula is C13H23NO4SSi. The molecule has 1 amide bonds. The van der Waals surface area contributed by atoms with Crippen molar-refractivity contribution in [3.05, 3.63) is 12.7 Å². The third kappa shape index (κ3) is 4.36. The van der Waals surface area contributed by atoms with Crippen molar-refractivity contribution in [2.75, 3.05) is 13.2 Å². The van der Waals surface area contributed by atoms with Gasteiger partial charge >= 0.3 is 5.97 Å². The molecule has 3 atom stereocenters. The van der Waals surface area contributed by atoms with Gasteiger partial charge in [-0.3, -0.25) is 9.59 Å². The zero-order chi connectivity index (χ0) is 15.5. The Morgan fingerprint density at radius 1 is 1.55 bits per heavy atom. The highest BCUT2D eigenvalue weighted by Gasteiger charge is 2.49. The van der Waals surface area contributed by atoms with Crippen LogP contribution in [0.2, 0.25) is 19.6 Å². The highest BCUT2D eigenvalue weighted by atomic mass is 32.1. The molecule has 1 fully saturated rings. The number of carbonyl (C=O) groups is 2. The number of thiol groups is 1. The van der Waals surface area contributed by atoms with Crippen LogP contribution in [-0.2, 0) is 18.8 Å². The maximum Gasteiger partial charge on any atom is 0.325 e. The minimum Gasteiger partial charge on any atom is -0.460 e. The zero-order valence-electron chi connectivity index (χ0n) is 12.5. The van der Waals surface area contributed by atoms with Crippen molar-refractivity contribution in [3.8, 4) is 0 Å². The number of hydrogen-bond acceptors (Lipinski definition) is 5. The van der Waals surface area contributed by atoms with Crippen LogP contribution in [0.5, 0.6) is 0 Å². The first-order valence-corrected chi connectivity index (χ1v) is 10.5. The van der Waals surface area contributed by atoms with Crippen molar-refractivity contribution in [2.45, 2.75) is 38.0 Å². The number of likely N-dealkylation sites (tertiary alicyclic amines) is 1. The number of nitrogens with zero attached hydrogens (tertiary/aromatic N) is 1. The van der Waals surface area contributed by atoms with Gasteiger partial charge in [0.1, 0.15) is 13.2 Å². The molecule has 3 unspecified atom stereocenters. The summed E-state index contributed by atoms with van der Waals surface area (Å²) in [6.07, 6.45) is 1.30. The summed E-state index contributed by atoms with van der Waals surface area (Å²) in [5.41, 5.74) is 0. The van der Waals surface area contributed by atoms with Crippen molar-refractivity contribution in [1.29, 1.82) is 0 Å². The lowest BCUT2D eigenvalue weighted by atomic mass is 9.93. The van der Waals surface area contributed by atoms with Gasteiger partial charge in [0.25, 0.3) is 0 Å². The van der Waals surface area contributed by atoms with Crippen molar-refractivity contribution in [3.63, 3.8) is 0 Å². The summed E-state index contributed by atoms with van der Waals surface area (Å²) in [7, 11) is -1.70. The Bertz CT molecular complexity index is 396. The van der Waals surface area contributed by atoms with Crippen molar-refractivity contribution in [1.82, 2.24) is 4.90 Å². The zero-order valence-corrected chi connectivity index (χ0v) is 14.4. The molecule has 7 heteroatoms. The first-order valence-electron chi connectivity index (χ1n) is 6.60. The molecule has 0 radical (unpaired) electrons. The van der Waals surface area contributed by atoms with Crippen LogP contribution in [0, 0.1) is 5.92 Å². The van der Waals surface area contributed by atoms with Gasteiger partial charge in [0, 0.05) is 0 Å². The molecule has 1 aliphatic rings. The van der Waals surface area contributed by atoms with Gasteiger partial charge in [-0.2, -0.15) is 12.6 Å². The maximum absolute atomic E-state index is 12.1. The Kier molecular flexibility index (Phi) is 5.85. The minimum atomic E-state index is -1.70. The Morgan fingerprint density at radius 2 is 2.15 bits per heavy atom. The van der Waals surface area contributed by atoms with E-state index < -0.39 is 14.3 Å². The fraction of sp³-hybridized carbons (Fsp3) is 0.692. The molecule has 0 aliphatic carbocycles. The summed E-state index contributed by atoms with van der Waals surface area (Å²) in [6, 6.07) is 0. The topological polar surface area (TPSA) is 55.8 Å². The van der Waals surface area contributed by atoms with Gasteiger partial charge in [-0.25, -0.2) is 0 Å². The van der Waals surface area contributed by atoms with Crippen molar-refractivity contribution in [2.24, 2.45) is 5.92 Å². The maximum atomic E-state index is 12.1. The van der Waals surface area contributed by atoms with Crippen LogP contribution < -0.4 is 0 Å². The Hall–Kier alpha value is -0.793. The third-order valence-electron chi connectivity index (χ3n) is 2.92. The van der Waals surface area contributed by atoms with Gasteiger partial charge in [-0.1, -0.05) is 12.7 Å². The molecule has 0 bridgehead atoms. The van der Waals surface area contributed by atoms with E-state index >= 15 is 0 Å². The van der Waals surface area contributed by atoms with E-state index in [1.54, 1.807) is 0 Å². The van der Waals surface area contributed by atoms with E-state index in [-0.39, 0.29) is 36.5 Å². The van der Waals surface area contributed by atoms with E-state index in [0.717, 1.165) is 0 Å². The Balaban J connectivity index is 2.52. The van der Waals surface area contributed by atoms with Gasteiger partial charge in [-0.15, -0.1) is 0 Å². The summed E-state index contributed by atoms with van der Waals surface area (Å²) in [4.78, 5) is 25.0. The molecule has 114 valence electrons. The van der Waals surface area contributed by atoms with Crippen LogP contribution in [0.15, 0.2) is 12.7 Å². The average molecular weight is 317 g/mol. The number of ether oxygens (including phenoxy) is 1. The molecule has 0 aromatic heterocycles. The first kappa shape index (κ1) is 17.3. The smallest absolute Gasteiger partial charge is 0.325 e. The van der Waals surface area contributed by atoms with Gasteiger partial charge < -0.3 is 14.1 Å². The molecule has 0 aromatic carbocycles. The van der Waals surface area contributed by atoms with Crippen LogP contribution in [0.4, 0.5) is 0 Å². The predicted molar refractivity (Wildman–Crippen MR) is 83.0 cm³/mol. The summed E-state index contributed by atoms with van der Waals surface area (Å²) in [6.45, 7) is 11.6. The van der Waals surface area contributed by atoms with E-state index in [4.69, 9.17) is 9.16 Å². The minimum absolute atomic E-state index is 0.0724. The Labute approximate surface area is 126 Å². The lowest BCUT2D eigenvalue weighted by Crippen LogP contribution is -2.64. The lowest BCUT2D eigenvalue weighted by molar-refractivity contribution is -0.163. The van der Waals surface area contributed by atoms with Crippen molar-refractivity contribution < 1.29 is 18.8 Å². The quantitative estimate of drug-likeness (QED) is 0.255. The number of amides is 1. The van der Waals surface area contributed by atoms with Gasteiger partial charge in [0.05, 0.1) is 17.4 Å². The van der Waals surface area contributed by atoms with E-state index in [2.05, 4.69) is 38.8 Å². The number of rotatable bonds is 7. The summed E-state index contributed by atoms with van der Waals surface area (Å²) in [5.74, 6) is -0.849. The molecule has 1 rings (SSSR count). The van der Waals surface area contributed by atoms with E-state index in [1.807, 2.05) is 6.92 Å². The first-order chi connectivity index (χ1) is 9.17. The fourth-order valence-electron chi connectivity index (χ4n) is 2.14. The molecule has 1 heterocycles. The highest BCUT2D eigenvalue weighted by Crippen LogP contribution is 2.34. The van der Waals surface area contributed by atoms with Crippen LogP contribution in [0.3, 0.4) is 0 Å². The number of β-lactam (4-membered cyclic amide) rings is 1. The van der Waals surface area contributed by atoms with Crippen LogP contribution >= 0.6 is 12.6 Å². The normalized spacial score (nSPS) is 24.1. The predicted octanol–water partition coefficient (Wildman–Crippen LogP) is 1.67. The summed E-state index contributed by atoms with van der Waals surface area (Å²) < 4.78 is 10.8. The van der Waals surface area contributed by atoms with Crippen LogP contribution in [-0.4, -0.2) is 49.7 Å². The molecule has 5 nitrogen and oxygen atoms in total. The molecule has 0 spiro atoms. The molecule has 1 aliphatic heterocycles. The second-order valence-electron chi connectivity index (χ2n) is 5.81. The van der Waals surface area contributed by atoms with Gasteiger partial charge in [0.15, 0.2) is 8.32 Å². The van der Waals surface area contributed by atoms with Crippen LogP contribution in [0.25, 0.3) is 0 Å². The van der Waals surface area contributed by atoms with Gasteiger partial charge in [-0.05, 0) is 26.6 Å². The fourth-order valence-corrected chi connectivity index (χ4v) is 3.97. The SMILES string of the molecule is C=CCOC(=O)CN1C(=O)C(C(C)O[Si](C)(C)C)C1S. The molecular weight excluding hydrogens is 294 g/mol. The Morgan fingerprint density at radius 3 is 2.60 bits per heavy atom. The lowest BCUT2D eigenvalue weighted by Gasteiger charge is -2.47. The van der Waals surface area contributed by atoms with E-state index in [9.17, 15) is 9.59 Å². The van der Waals surface area contributed by atoms with Crippen LogP contribution in [0.1, 0.15) is 6.92 Å². The van der Waals surface area contributed by atoms with Crippen molar-refractivity contribution >= 4 is 32.8 Å². The number of esters is 1. The third-order valence-corrected chi connectivity index (χ3v) is 4.59. The molecule has 0 N–H and O–H groups in total. The second kappa shape index (κ2) is 6.78. The summed E-state index contributed by atoms with van der Waals surface area (Å²) in [5, 5.41) is -0.301. The van der Waals surface area contributed by atoms with E-state index in [0.29, 0.717) is 0 Å². The number of hydrogen-bond donors (Lipinski definition) is 1. The highest BCUT2D eigenvalue weighted by molar-refractivity contribution is 7.81. The monoisotopic (exact) mass is 317 g/mol. The van der Waals surface area contributed by atoms with E-state index in [1.165, 1.54) is 11.0 Å².